The van der Waals surface area contributed by atoms with Gasteiger partial charge in [0, 0.05) is 12.0 Å². The van der Waals surface area contributed by atoms with Crippen molar-refractivity contribution in [3.8, 4) is 11.5 Å². The van der Waals surface area contributed by atoms with Crippen molar-refractivity contribution < 1.29 is 19.5 Å². The number of ether oxygens (including phenoxy) is 2. The quantitative estimate of drug-likeness (QED) is 0.373. The Morgan fingerprint density at radius 1 is 1.38 bits per heavy atom. The van der Waals surface area contributed by atoms with Gasteiger partial charge < -0.3 is 25.3 Å². The fraction of sp³-hybridized carbons (Fsp3) is 0.529. The number of amidine groups is 1. The van der Waals surface area contributed by atoms with E-state index in [0.29, 0.717) is 17.9 Å². The average molecular weight is 333 g/mol. The summed E-state index contributed by atoms with van der Waals surface area (Å²) in [4.78, 5) is 5.39. The van der Waals surface area contributed by atoms with E-state index >= 15 is 0 Å². The predicted molar refractivity (Wildman–Crippen MR) is 89.9 cm³/mol. The van der Waals surface area contributed by atoms with Crippen LogP contribution in [0.15, 0.2) is 28.5 Å². The van der Waals surface area contributed by atoms with E-state index in [-0.39, 0.29) is 11.9 Å². The molecule has 7 nitrogen and oxygen atoms in total. The van der Waals surface area contributed by atoms with Crippen LogP contribution in [0.3, 0.4) is 0 Å². The third kappa shape index (κ3) is 3.11. The lowest BCUT2D eigenvalue weighted by molar-refractivity contribution is 0.0486. The summed E-state index contributed by atoms with van der Waals surface area (Å²) in [5, 5.41) is 16.0. The van der Waals surface area contributed by atoms with Crippen LogP contribution in [0.4, 0.5) is 0 Å². The molecule has 0 radical (unpaired) electrons. The highest BCUT2D eigenvalue weighted by Crippen LogP contribution is 2.34. The number of methoxy groups -OCH3 is 1. The lowest BCUT2D eigenvalue weighted by atomic mass is 9.95. The number of rotatable bonds is 5. The SMILES string of the molecule is COc1ccc(C2=NOC(C)(C(N)=NO)C2)cc1OC1CCCC1. The monoisotopic (exact) mass is 333 g/mol. The standard InChI is InChI=1S/C17H23N3O4/c1-17(16(18)19-21)10-13(20-24-17)11-7-8-14(22-2)15(9-11)23-12-5-3-4-6-12/h7-9,12,21H,3-6,10H2,1-2H3,(H2,18,19). The molecule has 2 aliphatic rings. The minimum Gasteiger partial charge on any atom is -0.493 e. The number of oxime groups is 2. The normalized spacial score (nSPS) is 24.6. The zero-order valence-electron chi connectivity index (χ0n) is 14.0. The van der Waals surface area contributed by atoms with Crippen LogP contribution >= 0.6 is 0 Å². The molecule has 0 spiro atoms. The smallest absolute Gasteiger partial charge is 0.200 e. The predicted octanol–water partition coefficient (Wildman–Crippen LogP) is 2.65. The van der Waals surface area contributed by atoms with Crippen LogP contribution < -0.4 is 15.2 Å². The van der Waals surface area contributed by atoms with E-state index in [1.807, 2.05) is 18.2 Å². The molecule has 3 N–H and O–H groups in total. The molecule has 1 fully saturated rings. The van der Waals surface area contributed by atoms with Crippen LogP contribution in [0.1, 0.15) is 44.6 Å². The Labute approximate surface area is 141 Å². The van der Waals surface area contributed by atoms with Crippen molar-refractivity contribution in [2.75, 3.05) is 7.11 Å². The Morgan fingerprint density at radius 2 is 2.12 bits per heavy atom. The van der Waals surface area contributed by atoms with Gasteiger partial charge >= 0.3 is 0 Å². The van der Waals surface area contributed by atoms with Gasteiger partial charge in [0.1, 0.15) is 0 Å². The molecule has 1 saturated carbocycles. The van der Waals surface area contributed by atoms with Crippen molar-refractivity contribution in [2.24, 2.45) is 16.0 Å². The third-order valence-corrected chi connectivity index (χ3v) is 4.60. The highest BCUT2D eigenvalue weighted by atomic mass is 16.7. The molecule has 1 aromatic carbocycles. The van der Waals surface area contributed by atoms with E-state index in [9.17, 15) is 0 Å². The summed E-state index contributed by atoms with van der Waals surface area (Å²) in [7, 11) is 1.63. The van der Waals surface area contributed by atoms with Gasteiger partial charge in [0.05, 0.1) is 18.9 Å². The molecular weight excluding hydrogens is 310 g/mol. The maximum Gasteiger partial charge on any atom is 0.200 e. The summed E-state index contributed by atoms with van der Waals surface area (Å²) >= 11 is 0. The topological polar surface area (TPSA) is 98.7 Å². The fourth-order valence-corrected chi connectivity index (χ4v) is 3.07. The van der Waals surface area contributed by atoms with Crippen molar-refractivity contribution in [2.45, 2.75) is 50.7 Å². The number of hydrogen-bond donors (Lipinski definition) is 2. The van der Waals surface area contributed by atoms with Gasteiger partial charge in [-0.3, -0.25) is 0 Å². The Kier molecular flexibility index (Phi) is 4.51. The number of nitrogens with zero attached hydrogens (tertiary/aromatic N) is 2. The summed E-state index contributed by atoms with van der Waals surface area (Å²) in [6, 6.07) is 5.68. The van der Waals surface area contributed by atoms with Crippen LogP contribution in [-0.2, 0) is 4.84 Å². The Bertz CT molecular complexity index is 668. The summed E-state index contributed by atoms with van der Waals surface area (Å²) in [5.41, 5.74) is 6.36. The van der Waals surface area contributed by atoms with Gasteiger partial charge in [-0.1, -0.05) is 10.3 Å². The van der Waals surface area contributed by atoms with Gasteiger partial charge in [0.25, 0.3) is 0 Å². The molecule has 0 saturated heterocycles. The Hall–Kier alpha value is -2.44. The molecule has 1 heterocycles. The summed E-state index contributed by atoms with van der Waals surface area (Å²) < 4.78 is 11.5. The van der Waals surface area contributed by atoms with Crippen molar-refractivity contribution in [1.82, 2.24) is 0 Å². The third-order valence-electron chi connectivity index (χ3n) is 4.60. The molecule has 1 aliphatic heterocycles. The molecular formula is C17H23N3O4. The maximum absolute atomic E-state index is 8.88. The van der Waals surface area contributed by atoms with E-state index in [1.54, 1.807) is 14.0 Å². The fourth-order valence-electron chi connectivity index (χ4n) is 3.07. The number of hydrogen-bond acceptors (Lipinski definition) is 6. The van der Waals surface area contributed by atoms with Gasteiger partial charge in [-0.15, -0.1) is 0 Å². The van der Waals surface area contributed by atoms with Crippen molar-refractivity contribution >= 4 is 11.5 Å². The highest BCUT2D eigenvalue weighted by Gasteiger charge is 2.39. The van der Waals surface area contributed by atoms with Gasteiger partial charge in [0.15, 0.2) is 22.9 Å². The van der Waals surface area contributed by atoms with Gasteiger partial charge in [-0.2, -0.15) is 0 Å². The van der Waals surface area contributed by atoms with Crippen LogP contribution in [-0.4, -0.2) is 35.6 Å². The number of nitrogens with two attached hydrogens (primary N) is 1. The number of benzene rings is 1. The van der Waals surface area contributed by atoms with E-state index in [0.717, 1.165) is 24.1 Å². The van der Waals surface area contributed by atoms with Gasteiger partial charge in [-0.25, -0.2) is 0 Å². The van der Waals surface area contributed by atoms with Crippen LogP contribution in [0, 0.1) is 0 Å². The minimum absolute atomic E-state index is 0.00260. The molecule has 3 rings (SSSR count). The van der Waals surface area contributed by atoms with Crippen LogP contribution in [0.2, 0.25) is 0 Å². The van der Waals surface area contributed by atoms with E-state index in [2.05, 4.69) is 10.3 Å². The molecule has 1 atom stereocenters. The second kappa shape index (κ2) is 6.59. The zero-order valence-corrected chi connectivity index (χ0v) is 14.0. The zero-order chi connectivity index (χ0) is 17.2. The summed E-state index contributed by atoms with van der Waals surface area (Å²) in [6.45, 7) is 1.73. The molecule has 7 heteroatoms. The minimum atomic E-state index is -0.934. The molecule has 0 aromatic heterocycles. The first-order chi connectivity index (χ1) is 11.6. The first kappa shape index (κ1) is 16.4. The van der Waals surface area contributed by atoms with E-state index < -0.39 is 5.60 Å². The first-order valence-corrected chi connectivity index (χ1v) is 8.14. The summed E-state index contributed by atoms with van der Waals surface area (Å²) in [6.07, 6.45) is 5.19. The van der Waals surface area contributed by atoms with Crippen molar-refractivity contribution in [3.63, 3.8) is 0 Å². The van der Waals surface area contributed by atoms with E-state index in [1.165, 1.54) is 12.8 Å². The first-order valence-electron chi connectivity index (χ1n) is 8.14. The second-order valence-corrected chi connectivity index (χ2v) is 6.41. The van der Waals surface area contributed by atoms with Crippen molar-refractivity contribution in [3.05, 3.63) is 23.8 Å². The Morgan fingerprint density at radius 3 is 2.79 bits per heavy atom. The molecule has 0 amide bonds. The lowest BCUT2D eigenvalue weighted by Crippen LogP contribution is -2.41. The lowest BCUT2D eigenvalue weighted by Gasteiger charge is -2.19. The molecule has 1 unspecified atom stereocenters. The average Bonchev–Trinajstić information content (AvgIpc) is 3.24. The van der Waals surface area contributed by atoms with E-state index in [4.69, 9.17) is 25.3 Å². The maximum atomic E-state index is 8.88. The molecule has 1 aliphatic carbocycles. The second-order valence-electron chi connectivity index (χ2n) is 6.41. The van der Waals surface area contributed by atoms with Gasteiger partial charge in [0.2, 0.25) is 0 Å². The molecule has 130 valence electrons. The highest BCUT2D eigenvalue weighted by molar-refractivity contribution is 6.06. The summed E-state index contributed by atoms with van der Waals surface area (Å²) in [5.74, 6) is 1.41. The van der Waals surface area contributed by atoms with Gasteiger partial charge in [-0.05, 0) is 50.8 Å². The van der Waals surface area contributed by atoms with Crippen molar-refractivity contribution in [1.29, 1.82) is 0 Å². The molecule has 0 bridgehead atoms. The molecule has 24 heavy (non-hydrogen) atoms. The van der Waals surface area contributed by atoms with Crippen LogP contribution in [0.5, 0.6) is 11.5 Å². The Balaban J connectivity index is 1.81. The largest absolute Gasteiger partial charge is 0.493 e. The van der Waals surface area contributed by atoms with Crippen LogP contribution in [0.25, 0.3) is 0 Å². The molecule has 1 aromatic rings.